The number of rotatable bonds is 3. The lowest BCUT2D eigenvalue weighted by atomic mass is 9.97. The van der Waals surface area contributed by atoms with E-state index in [4.69, 9.17) is 10.5 Å². The molecule has 0 saturated carbocycles. The molecule has 1 unspecified atom stereocenters. The van der Waals surface area contributed by atoms with E-state index in [0.29, 0.717) is 5.92 Å². The molecule has 1 atom stereocenters. The number of fused-ring (bicyclic) bond motifs is 1. The Kier molecular flexibility index (Phi) is 3.27. The minimum absolute atomic E-state index is 0.563. The topological polar surface area (TPSA) is 35.2 Å². The number of aryl methyl sites for hydroxylation is 1. The molecule has 1 aromatic carbocycles. The van der Waals surface area contributed by atoms with E-state index >= 15 is 0 Å². The predicted molar refractivity (Wildman–Crippen MR) is 62.2 cm³/mol. The molecule has 0 aromatic heterocycles. The maximum Gasteiger partial charge on any atom is 0.122 e. The van der Waals surface area contributed by atoms with Crippen LogP contribution in [0.2, 0.25) is 0 Å². The molecule has 1 heterocycles. The van der Waals surface area contributed by atoms with E-state index in [0.717, 1.165) is 38.2 Å². The third kappa shape index (κ3) is 2.51. The number of nitrogens with two attached hydrogens (primary N) is 1. The molecule has 15 heavy (non-hydrogen) atoms. The summed E-state index contributed by atoms with van der Waals surface area (Å²) in [4.78, 5) is 0. The molecule has 2 nitrogen and oxygen atoms in total. The Bertz CT molecular complexity index is 335. The van der Waals surface area contributed by atoms with Gasteiger partial charge in [-0.1, -0.05) is 19.1 Å². The molecule has 0 saturated heterocycles. The van der Waals surface area contributed by atoms with E-state index in [1.807, 2.05) is 0 Å². The summed E-state index contributed by atoms with van der Waals surface area (Å²) >= 11 is 0. The molecule has 2 heteroatoms. The van der Waals surface area contributed by atoms with E-state index in [1.54, 1.807) is 0 Å². The average molecular weight is 205 g/mol. The molecule has 0 fully saturated rings. The van der Waals surface area contributed by atoms with Crippen LogP contribution in [0.5, 0.6) is 5.75 Å². The van der Waals surface area contributed by atoms with Gasteiger partial charge in [0.05, 0.1) is 6.61 Å². The number of ether oxygens (including phenoxy) is 1. The zero-order valence-corrected chi connectivity index (χ0v) is 9.33. The van der Waals surface area contributed by atoms with Crippen LogP contribution in [0.4, 0.5) is 0 Å². The van der Waals surface area contributed by atoms with Gasteiger partial charge >= 0.3 is 0 Å². The fourth-order valence-electron chi connectivity index (χ4n) is 2.03. The Labute approximate surface area is 91.4 Å². The summed E-state index contributed by atoms with van der Waals surface area (Å²) in [6.07, 6.45) is 3.37. The van der Waals surface area contributed by atoms with Gasteiger partial charge < -0.3 is 10.5 Å². The molecule has 2 N–H and O–H groups in total. The highest BCUT2D eigenvalue weighted by Crippen LogP contribution is 2.26. The first kappa shape index (κ1) is 10.5. The summed E-state index contributed by atoms with van der Waals surface area (Å²) in [6, 6.07) is 6.55. The van der Waals surface area contributed by atoms with E-state index in [2.05, 4.69) is 25.1 Å². The van der Waals surface area contributed by atoms with E-state index in [-0.39, 0.29) is 0 Å². The number of hydrogen-bond acceptors (Lipinski definition) is 2. The van der Waals surface area contributed by atoms with Crippen LogP contribution in [0, 0.1) is 5.92 Å². The molecular weight excluding hydrogens is 186 g/mol. The number of benzene rings is 1. The zero-order valence-electron chi connectivity index (χ0n) is 9.33. The van der Waals surface area contributed by atoms with Crippen molar-refractivity contribution in [3.05, 3.63) is 29.3 Å². The first-order chi connectivity index (χ1) is 7.29. The third-order valence-electron chi connectivity index (χ3n) is 2.96. The Morgan fingerprint density at radius 1 is 1.47 bits per heavy atom. The summed E-state index contributed by atoms with van der Waals surface area (Å²) in [7, 11) is 0. The van der Waals surface area contributed by atoms with Crippen molar-refractivity contribution in [3.63, 3.8) is 0 Å². The van der Waals surface area contributed by atoms with Crippen LogP contribution in [0.3, 0.4) is 0 Å². The molecule has 1 aromatic rings. The standard InChI is InChI=1S/C13H19NO/c1-10(9-14)7-11-4-5-13-12(8-11)3-2-6-15-13/h4-5,8,10H,2-3,6-7,9,14H2,1H3. The molecule has 0 aliphatic carbocycles. The zero-order chi connectivity index (χ0) is 10.7. The molecule has 0 amide bonds. The van der Waals surface area contributed by atoms with E-state index < -0.39 is 0 Å². The van der Waals surface area contributed by atoms with Gasteiger partial charge in [-0.2, -0.15) is 0 Å². The molecule has 1 aliphatic heterocycles. The minimum Gasteiger partial charge on any atom is -0.493 e. The number of hydrogen-bond donors (Lipinski definition) is 1. The van der Waals surface area contributed by atoms with Gasteiger partial charge in [-0.25, -0.2) is 0 Å². The van der Waals surface area contributed by atoms with Gasteiger partial charge in [-0.3, -0.25) is 0 Å². The van der Waals surface area contributed by atoms with Gasteiger partial charge in [0, 0.05) is 0 Å². The first-order valence-corrected chi connectivity index (χ1v) is 5.74. The molecular formula is C13H19NO. The van der Waals surface area contributed by atoms with Gasteiger partial charge in [-0.05, 0) is 48.9 Å². The van der Waals surface area contributed by atoms with Crippen LogP contribution in [0.1, 0.15) is 24.5 Å². The van der Waals surface area contributed by atoms with Gasteiger partial charge in [-0.15, -0.1) is 0 Å². The normalized spacial score (nSPS) is 16.7. The van der Waals surface area contributed by atoms with Crippen LogP contribution < -0.4 is 10.5 Å². The fraction of sp³-hybridized carbons (Fsp3) is 0.538. The summed E-state index contributed by atoms with van der Waals surface area (Å²) in [6.45, 7) is 3.81. The highest BCUT2D eigenvalue weighted by atomic mass is 16.5. The SMILES string of the molecule is CC(CN)Cc1ccc2c(c1)CCCO2. The van der Waals surface area contributed by atoms with Crippen molar-refractivity contribution in [1.29, 1.82) is 0 Å². The molecule has 82 valence electrons. The van der Waals surface area contributed by atoms with Gasteiger partial charge in [0.15, 0.2) is 0 Å². The lowest BCUT2D eigenvalue weighted by Gasteiger charge is -2.18. The first-order valence-electron chi connectivity index (χ1n) is 5.74. The van der Waals surface area contributed by atoms with Crippen LogP contribution >= 0.6 is 0 Å². The quantitative estimate of drug-likeness (QED) is 0.820. The van der Waals surface area contributed by atoms with Crippen molar-refractivity contribution in [3.8, 4) is 5.75 Å². The predicted octanol–water partition coefficient (Wildman–Crippen LogP) is 2.15. The van der Waals surface area contributed by atoms with Gasteiger partial charge in [0.1, 0.15) is 5.75 Å². The summed E-state index contributed by atoms with van der Waals surface area (Å²) in [5, 5.41) is 0. The monoisotopic (exact) mass is 205 g/mol. The maximum atomic E-state index is 5.63. The highest BCUT2D eigenvalue weighted by molar-refractivity contribution is 5.38. The maximum absolute atomic E-state index is 5.63. The largest absolute Gasteiger partial charge is 0.493 e. The van der Waals surface area contributed by atoms with Crippen LogP contribution in [0.25, 0.3) is 0 Å². The average Bonchev–Trinajstić information content (AvgIpc) is 2.29. The van der Waals surface area contributed by atoms with E-state index in [1.165, 1.54) is 11.1 Å². The second-order valence-corrected chi connectivity index (χ2v) is 4.44. The van der Waals surface area contributed by atoms with Crippen molar-refractivity contribution in [1.82, 2.24) is 0 Å². The Morgan fingerprint density at radius 2 is 2.33 bits per heavy atom. The fourth-order valence-corrected chi connectivity index (χ4v) is 2.03. The lowest BCUT2D eigenvalue weighted by Crippen LogP contribution is -2.14. The van der Waals surface area contributed by atoms with Crippen molar-refractivity contribution < 1.29 is 4.74 Å². The van der Waals surface area contributed by atoms with Gasteiger partial charge in [0.2, 0.25) is 0 Å². The van der Waals surface area contributed by atoms with Crippen molar-refractivity contribution in [2.45, 2.75) is 26.2 Å². The highest BCUT2D eigenvalue weighted by Gasteiger charge is 2.11. The second kappa shape index (κ2) is 4.67. The summed E-state index contributed by atoms with van der Waals surface area (Å²) < 4.78 is 5.59. The Morgan fingerprint density at radius 3 is 3.13 bits per heavy atom. The van der Waals surface area contributed by atoms with Crippen molar-refractivity contribution in [2.24, 2.45) is 11.7 Å². The third-order valence-corrected chi connectivity index (χ3v) is 2.96. The lowest BCUT2D eigenvalue weighted by molar-refractivity contribution is 0.288. The smallest absolute Gasteiger partial charge is 0.122 e. The second-order valence-electron chi connectivity index (χ2n) is 4.44. The molecule has 0 spiro atoms. The van der Waals surface area contributed by atoms with Crippen molar-refractivity contribution >= 4 is 0 Å². The minimum atomic E-state index is 0.563. The van der Waals surface area contributed by atoms with Gasteiger partial charge in [0.25, 0.3) is 0 Å². The molecule has 1 aliphatic rings. The van der Waals surface area contributed by atoms with Crippen LogP contribution in [-0.4, -0.2) is 13.2 Å². The molecule has 0 bridgehead atoms. The van der Waals surface area contributed by atoms with E-state index in [9.17, 15) is 0 Å². The van der Waals surface area contributed by atoms with Crippen LogP contribution in [-0.2, 0) is 12.8 Å². The Balaban J connectivity index is 2.13. The Hall–Kier alpha value is -1.02. The van der Waals surface area contributed by atoms with Crippen LogP contribution in [0.15, 0.2) is 18.2 Å². The van der Waals surface area contributed by atoms with Crippen molar-refractivity contribution in [2.75, 3.05) is 13.2 Å². The molecule has 0 radical (unpaired) electrons. The molecule has 2 rings (SSSR count). The summed E-state index contributed by atoms with van der Waals surface area (Å²) in [5.41, 5.74) is 8.38. The summed E-state index contributed by atoms with van der Waals surface area (Å²) in [5.74, 6) is 1.64.